The first-order valence-electron chi connectivity index (χ1n) is 9.76. The zero-order chi connectivity index (χ0) is 20.7. The standard InChI is InChI=1S/C22H19N3O4S/c26-19-6-3-13-10-15(11-14-7-8-25(19)20(13)14)24-22(28)21(27)23-12-16-4-5-17(29-16)18-2-1-9-30-18/h1-2,4-5,9-11H,3,6-8,12H2,(H,23,27)(H,24,28). The molecule has 1 aromatic carbocycles. The first-order valence-corrected chi connectivity index (χ1v) is 10.6. The van der Waals surface area contributed by atoms with Crippen molar-refractivity contribution in [1.29, 1.82) is 0 Å². The van der Waals surface area contributed by atoms with Crippen molar-refractivity contribution >= 4 is 40.4 Å². The van der Waals surface area contributed by atoms with Crippen LogP contribution in [-0.2, 0) is 33.8 Å². The van der Waals surface area contributed by atoms with Crippen molar-refractivity contribution in [2.45, 2.75) is 25.8 Å². The Kier molecular flexibility index (Phi) is 4.63. The van der Waals surface area contributed by atoms with Gasteiger partial charge >= 0.3 is 11.8 Å². The smallest absolute Gasteiger partial charge is 0.313 e. The second-order valence-corrected chi connectivity index (χ2v) is 8.27. The van der Waals surface area contributed by atoms with Gasteiger partial charge in [-0.1, -0.05) is 6.07 Å². The normalized spacial score (nSPS) is 14.5. The third kappa shape index (κ3) is 3.39. The maximum absolute atomic E-state index is 12.3. The largest absolute Gasteiger partial charge is 0.458 e. The number of thiophene rings is 1. The number of aryl methyl sites for hydroxylation is 1. The number of furan rings is 1. The van der Waals surface area contributed by atoms with Crippen LogP contribution < -0.4 is 15.5 Å². The van der Waals surface area contributed by atoms with Gasteiger partial charge in [-0.3, -0.25) is 14.4 Å². The van der Waals surface area contributed by atoms with Crippen LogP contribution in [0.1, 0.15) is 23.3 Å². The molecule has 0 atom stereocenters. The van der Waals surface area contributed by atoms with E-state index in [0.29, 0.717) is 30.8 Å². The van der Waals surface area contributed by atoms with Gasteiger partial charge in [0.25, 0.3) is 0 Å². The molecule has 30 heavy (non-hydrogen) atoms. The van der Waals surface area contributed by atoms with Crippen molar-refractivity contribution in [3.8, 4) is 10.6 Å². The molecule has 2 aliphatic rings. The lowest BCUT2D eigenvalue weighted by Crippen LogP contribution is -2.35. The molecular formula is C22H19N3O4S. The summed E-state index contributed by atoms with van der Waals surface area (Å²) in [5.74, 6) is 0.00567. The molecule has 0 aliphatic carbocycles. The minimum Gasteiger partial charge on any atom is -0.458 e. The van der Waals surface area contributed by atoms with Gasteiger partial charge in [0.15, 0.2) is 0 Å². The van der Waals surface area contributed by atoms with Gasteiger partial charge in [-0.05, 0) is 59.7 Å². The quantitative estimate of drug-likeness (QED) is 0.634. The highest BCUT2D eigenvalue weighted by molar-refractivity contribution is 7.13. The molecule has 8 heteroatoms. The molecule has 0 fully saturated rings. The summed E-state index contributed by atoms with van der Waals surface area (Å²) in [5.41, 5.74) is 3.64. The zero-order valence-electron chi connectivity index (χ0n) is 16.1. The number of amides is 3. The molecule has 5 rings (SSSR count). The number of anilines is 2. The predicted octanol–water partition coefficient (Wildman–Crippen LogP) is 3.10. The number of nitrogens with one attached hydrogen (secondary N) is 2. The Morgan fingerprint density at radius 1 is 1.07 bits per heavy atom. The summed E-state index contributed by atoms with van der Waals surface area (Å²) < 4.78 is 5.71. The monoisotopic (exact) mass is 421 g/mol. The van der Waals surface area contributed by atoms with E-state index in [9.17, 15) is 14.4 Å². The summed E-state index contributed by atoms with van der Waals surface area (Å²) in [6.07, 6.45) is 1.88. The molecule has 4 heterocycles. The van der Waals surface area contributed by atoms with E-state index in [1.807, 2.05) is 40.6 Å². The number of hydrogen-bond donors (Lipinski definition) is 2. The van der Waals surface area contributed by atoms with Crippen LogP contribution in [0.3, 0.4) is 0 Å². The first kappa shape index (κ1) is 18.6. The Balaban J connectivity index is 1.22. The van der Waals surface area contributed by atoms with Crippen molar-refractivity contribution in [2.24, 2.45) is 0 Å². The lowest BCUT2D eigenvalue weighted by molar-refractivity contribution is -0.136. The number of rotatable bonds is 4. The molecule has 2 aromatic heterocycles. The van der Waals surface area contributed by atoms with E-state index in [1.165, 1.54) is 0 Å². The fourth-order valence-corrected chi connectivity index (χ4v) is 4.68. The maximum atomic E-state index is 12.3. The summed E-state index contributed by atoms with van der Waals surface area (Å²) in [4.78, 5) is 39.4. The highest BCUT2D eigenvalue weighted by Crippen LogP contribution is 2.38. The second kappa shape index (κ2) is 7.46. The molecule has 3 amide bonds. The van der Waals surface area contributed by atoms with Crippen LogP contribution in [0.2, 0.25) is 0 Å². The molecule has 0 spiro atoms. The third-order valence-corrected chi connectivity index (χ3v) is 6.25. The number of carbonyl (C=O) groups excluding carboxylic acids is 3. The molecule has 7 nitrogen and oxygen atoms in total. The predicted molar refractivity (Wildman–Crippen MR) is 113 cm³/mol. The van der Waals surface area contributed by atoms with Crippen molar-refractivity contribution in [1.82, 2.24) is 5.32 Å². The number of carbonyl (C=O) groups is 3. The van der Waals surface area contributed by atoms with E-state index in [4.69, 9.17) is 4.42 Å². The van der Waals surface area contributed by atoms with Crippen molar-refractivity contribution in [3.63, 3.8) is 0 Å². The molecule has 0 unspecified atom stereocenters. The summed E-state index contributed by atoms with van der Waals surface area (Å²) in [7, 11) is 0. The van der Waals surface area contributed by atoms with Crippen molar-refractivity contribution in [3.05, 3.63) is 58.7 Å². The highest BCUT2D eigenvalue weighted by atomic mass is 32.1. The minimum absolute atomic E-state index is 0.129. The first-order chi connectivity index (χ1) is 14.6. The fraction of sp³-hybridized carbons (Fsp3) is 0.227. The van der Waals surface area contributed by atoms with E-state index in [-0.39, 0.29) is 12.5 Å². The van der Waals surface area contributed by atoms with E-state index < -0.39 is 11.8 Å². The molecule has 0 saturated heterocycles. The SMILES string of the molecule is O=C(NCc1ccc(-c2cccs2)o1)C(=O)Nc1cc2c3c(c1)CCN3C(=O)CC2. The lowest BCUT2D eigenvalue weighted by atomic mass is 9.98. The van der Waals surface area contributed by atoms with Gasteiger partial charge in [0, 0.05) is 18.7 Å². The highest BCUT2D eigenvalue weighted by Gasteiger charge is 2.31. The van der Waals surface area contributed by atoms with Gasteiger partial charge in [0.2, 0.25) is 5.91 Å². The second-order valence-electron chi connectivity index (χ2n) is 7.32. The molecule has 2 aliphatic heterocycles. The summed E-state index contributed by atoms with van der Waals surface area (Å²) >= 11 is 1.57. The topological polar surface area (TPSA) is 91.7 Å². The van der Waals surface area contributed by atoms with Crippen LogP contribution >= 0.6 is 11.3 Å². The van der Waals surface area contributed by atoms with Gasteiger partial charge in [-0.2, -0.15) is 0 Å². The van der Waals surface area contributed by atoms with Crippen LogP contribution in [0, 0.1) is 0 Å². The Labute approximate surface area is 176 Å². The third-order valence-electron chi connectivity index (χ3n) is 5.36. The van der Waals surface area contributed by atoms with Gasteiger partial charge in [0.05, 0.1) is 17.1 Å². The molecular weight excluding hydrogens is 402 g/mol. The van der Waals surface area contributed by atoms with Crippen LogP contribution in [0.5, 0.6) is 0 Å². The van der Waals surface area contributed by atoms with Crippen LogP contribution in [0.4, 0.5) is 11.4 Å². The average molecular weight is 421 g/mol. The van der Waals surface area contributed by atoms with Crippen molar-refractivity contribution < 1.29 is 18.8 Å². The van der Waals surface area contributed by atoms with Gasteiger partial charge in [-0.15, -0.1) is 11.3 Å². The minimum atomic E-state index is -0.728. The van der Waals surface area contributed by atoms with Gasteiger partial charge in [-0.25, -0.2) is 0 Å². The van der Waals surface area contributed by atoms with E-state index in [1.54, 1.807) is 17.4 Å². The number of nitrogens with zero attached hydrogens (tertiary/aromatic N) is 1. The van der Waals surface area contributed by atoms with Crippen LogP contribution in [-0.4, -0.2) is 24.3 Å². The van der Waals surface area contributed by atoms with E-state index in [2.05, 4.69) is 10.6 Å². The van der Waals surface area contributed by atoms with Gasteiger partial charge < -0.3 is 20.0 Å². The molecule has 0 radical (unpaired) electrons. The lowest BCUT2D eigenvalue weighted by Gasteiger charge is -2.25. The summed E-state index contributed by atoms with van der Waals surface area (Å²) in [5, 5.41) is 7.23. The maximum Gasteiger partial charge on any atom is 0.313 e. The van der Waals surface area contributed by atoms with Gasteiger partial charge in [0.1, 0.15) is 11.5 Å². The molecule has 0 saturated carbocycles. The molecule has 2 N–H and O–H groups in total. The zero-order valence-corrected chi connectivity index (χ0v) is 16.9. The Hall–Kier alpha value is -3.39. The van der Waals surface area contributed by atoms with Crippen LogP contribution in [0.25, 0.3) is 10.6 Å². The average Bonchev–Trinajstić information content (AvgIpc) is 3.49. The Bertz CT molecular complexity index is 1150. The Morgan fingerprint density at radius 3 is 2.70 bits per heavy atom. The molecule has 3 aromatic rings. The Morgan fingerprint density at radius 2 is 1.90 bits per heavy atom. The van der Waals surface area contributed by atoms with Crippen LogP contribution in [0.15, 0.2) is 46.2 Å². The summed E-state index contributed by atoms with van der Waals surface area (Å²) in [6.45, 7) is 0.805. The van der Waals surface area contributed by atoms with E-state index >= 15 is 0 Å². The van der Waals surface area contributed by atoms with Crippen molar-refractivity contribution in [2.75, 3.05) is 16.8 Å². The number of hydrogen-bond acceptors (Lipinski definition) is 5. The molecule has 152 valence electrons. The molecule has 0 bridgehead atoms. The number of benzene rings is 1. The summed E-state index contributed by atoms with van der Waals surface area (Å²) in [6, 6.07) is 11.2. The fourth-order valence-electron chi connectivity index (χ4n) is 3.99. The van der Waals surface area contributed by atoms with E-state index in [0.717, 1.165) is 33.9 Å².